The van der Waals surface area contributed by atoms with Gasteiger partial charge in [0.25, 0.3) is 0 Å². The number of primary amides is 1. The monoisotopic (exact) mass is 269 g/mol. The number of ether oxygens (including phenoxy) is 1. The lowest BCUT2D eigenvalue weighted by atomic mass is 10.0. The Morgan fingerprint density at radius 2 is 1.42 bits per heavy atom. The highest BCUT2D eigenvalue weighted by molar-refractivity contribution is 5.95. The molecule has 110 valence electrons. The minimum Gasteiger partial charge on any atom is -0.367 e. The summed E-state index contributed by atoms with van der Waals surface area (Å²) in [5, 5.41) is 0. The first-order valence-corrected chi connectivity index (χ1v) is 7.64. The minimum atomic E-state index is -0.647. The Kier molecular flexibility index (Phi) is 7.72. The molecule has 0 spiro atoms. The van der Waals surface area contributed by atoms with Crippen LogP contribution < -0.4 is 5.73 Å². The van der Waals surface area contributed by atoms with Crippen molar-refractivity contribution in [3.63, 3.8) is 0 Å². The number of hydrogen-bond donors (Lipinski definition) is 1. The van der Waals surface area contributed by atoms with E-state index >= 15 is 0 Å². The van der Waals surface area contributed by atoms with Crippen molar-refractivity contribution < 1.29 is 14.3 Å². The van der Waals surface area contributed by atoms with Gasteiger partial charge in [0.15, 0.2) is 18.0 Å². The van der Waals surface area contributed by atoms with Gasteiger partial charge in [-0.25, -0.2) is 0 Å². The summed E-state index contributed by atoms with van der Waals surface area (Å²) in [6.07, 6.45) is 10.4. The molecule has 0 radical (unpaired) electrons. The van der Waals surface area contributed by atoms with Crippen LogP contribution in [0.5, 0.6) is 0 Å². The summed E-state index contributed by atoms with van der Waals surface area (Å²) >= 11 is 0. The predicted octanol–water partition coefficient (Wildman–Crippen LogP) is 2.73. The van der Waals surface area contributed by atoms with E-state index in [0.29, 0.717) is 6.42 Å². The lowest BCUT2D eigenvalue weighted by Crippen LogP contribution is -2.22. The van der Waals surface area contributed by atoms with Crippen LogP contribution in [0.15, 0.2) is 0 Å². The van der Waals surface area contributed by atoms with Crippen molar-refractivity contribution in [2.75, 3.05) is 0 Å². The molecule has 0 aliphatic carbocycles. The van der Waals surface area contributed by atoms with Crippen LogP contribution in [0.4, 0.5) is 0 Å². The molecule has 4 heteroatoms. The van der Waals surface area contributed by atoms with Gasteiger partial charge in [-0.1, -0.05) is 58.3 Å². The van der Waals surface area contributed by atoms with Crippen molar-refractivity contribution in [3.05, 3.63) is 0 Å². The number of ketones is 1. The highest BCUT2D eigenvalue weighted by Crippen LogP contribution is 2.24. The first-order chi connectivity index (χ1) is 9.16. The molecule has 0 saturated carbocycles. The fourth-order valence-corrected chi connectivity index (χ4v) is 2.33. The predicted molar refractivity (Wildman–Crippen MR) is 74.7 cm³/mol. The molecule has 1 fully saturated rings. The van der Waals surface area contributed by atoms with Gasteiger partial charge in [-0.05, 0) is 6.42 Å². The Hall–Kier alpha value is -0.900. The van der Waals surface area contributed by atoms with E-state index in [9.17, 15) is 9.59 Å². The van der Waals surface area contributed by atoms with Crippen LogP contribution in [0, 0.1) is 0 Å². The number of epoxide rings is 1. The van der Waals surface area contributed by atoms with E-state index in [1.807, 2.05) is 0 Å². The van der Waals surface area contributed by atoms with Crippen LogP contribution in [0.25, 0.3) is 0 Å². The number of Topliss-reactive ketones (excluding diaryl/α,β-unsaturated/α-hetero) is 1. The lowest BCUT2D eigenvalue weighted by Gasteiger charge is -2.01. The first kappa shape index (κ1) is 16.2. The summed E-state index contributed by atoms with van der Waals surface area (Å²) < 4.78 is 4.95. The van der Waals surface area contributed by atoms with Crippen molar-refractivity contribution in [2.24, 2.45) is 5.73 Å². The molecule has 4 nitrogen and oxygen atoms in total. The number of hydrogen-bond acceptors (Lipinski definition) is 3. The van der Waals surface area contributed by atoms with Crippen LogP contribution in [-0.4, -0.2) is 23.9 Å². The van der Waals surface area contributed by atoms with Crippen molar-refractivity contribution >= 4 is 11.7 Å². The van der Waals surface area contributed by atoms with Crippen molar-refractivity contribution in [1.82, 2.24) is 0 Å². The van der Waals surface area contributed by atoms with Crippen LogP contribution in [0.1, 0.15) is 71.1 Å². The number of nitrogens with two attached hydrogens (primary N) is 1. The average molecular weight is 269 g/mol. The highest BCUT2D eigenvalue weighted by Gasteiger charge is 2.48. The van der Waals surface area contributed by atoms with Crippen LogP contribution in [0.3, 0.4) is 0 Å². The molecule has 19 heavy (non-hydrogen) atoms. The molecule has 2 atom stereocenters. The first-order valence-electron chi connectivity index (χ1n) is 7.64. The quantitative estimate of drug-likeness (QED) is 0.437. The second-order valence-electron chi connectivity index (χ2n) is 5.42. The Labute approximate surface area is 116 Å². The molecule has 2 N–H and O–H groups in total. The highest BCUT2D eigenvalue weighted by atomic mass is 16.6. The Morgan fingerprint density at radius 1 is 0.895 bits per heavy atom. The molecular weight excluding hydrogens is 242 g/mol. The van der Waals surface area contributed by atoms with E-state index in [1.54, 1.807) is 0 Å². The molecule has 0 unspecified atom stereocenters. The van der Waals surface area contributed by atoms with Gasteiger partial charge in [0, 0.05) is 6.42 Å². The summed E-state index contributed by atoms with van der Waals surface area (Å²) in [4.78, 5) is 22.3. The number of unbranched alkanes of at least 4 members (excludes halogenated alkanes) is 8. The third kappa shape index (κ3) is 6.71. The van der Waals surface area contributed by atoms with Gasteiger partial charge in [0.2, 0.25) is 5.91 Å². The van der Waals surface area contributed by atoms with Gasteiger partial charge in [-0.15, -0.1) is 0 Å². The zero-order valence-electron chi connectivity index (χ0n) is 12.0. The molecule has 0 aromatic heterocycles. The van der Waals surface area contributed by atoms with Gasteiger partial charge in [0.05, 0.1) is 0 Å². The topological polar surface area (TPSA) is 72.7 Å². The summed E-state index contributed by atoms with van der Waals surface area (Å²) in [5.41, 5.74) is 5.05. The molecule has 1 aliphatic heterocycles. The summed E-state index contributed by atoms with van der Waals surface area (Å²) in [5.74, 6) is -0.489. The fourth-order valence-electron chi connectivity index (χ4n) is 2.33. The van der Waals surface area contributed by atoms with E-state index in [1.165, 1.54) is 44.9 Å². The second-order valence-corrected chi connectivity index (χ2v) is 5.42. The largest absolute Gasteiger partial charge is 0.367 e. The Morgan fingerprint density at radius 3 is 1.89 bits per heavy atom. The third-order valence-electron chi connectivity index (χ3n) is 3.62. The second kappa shape index (κ2) is 9.08. The molecule has 0 bridgehead atoms. The van der Waals surface area contributed by atoms with E-state index in [-0.39, 0.29) is 5.78 Å². The van der Waals surface area contributed by atoms with Crippen LogP contribution in [0.2, 0.25) is 0 Å². The number of amides is 1. The van der Waals surface area contributed by atoms with E-state index in [4.69, 9.17) is 10.5 Å². The third-order valence-corrected chi connectivity index (χ3v) is 3.62. The van der Waals surface area contributed by atoms with Crippen molar-refractivity contribution in [2.45, 2.75) is 83.3 Å². The molecule has 0 aromatic carbocycles. The van der Waals surface area contributed by atoms with Crippen LogP contribution in [-0.2, 0) is 14.3 Å². The van der Waals surface area contributed by atoms with Crippen LogP contribution >= 0.6 is 0 Å². The summed E-state index contributed by atoms with van der Waals surface area (Å²) in [7, 11) is 0. The molecular formula is C15H27NO3. The van der Waals surface area contributed by atoms with Gasteiger partial charge < -0.3 is 10.5 Å². The number of rotatable bonds is 12. The van der Waals surface area contributed by atoms with Gasteiger partial charge in [-0.2, -0.15) is 0 Å². The SMILES string of the molecule is CCCCCCCCCCCC(=O)[C@H]1O[C@H]1C(N)=O. The molecule has 1 rings (SSSR count). The molecule has 1 aliphatic rings. The van der Waals surface area contributed by atoms with E-state index in [0.717, 1.165) is 12.8 Å². The normalized spacial score (nSPS) is 21.3. The minimum absolute atomic E-state index is 0.0340. The number of carbonyl (C=O) groups excluding carboxylic acids is 2. The summed E-state index contributed by atoms with van der Waals surface area (Å²) in [6, 6.07) is 0. The van der Waals surface area contributed by atoms with Gasteiger partial charge >= 0.3 is 0 Å². The molecule has 0 aromatic rings. The molecule has 1 amide bonds. The zero-order valence-corrected chi connectivity index (χ0v) is 12.0. The van der Waals surface area contributed by atoms with Crippen molar-refractivity contribution in [3.8, 4) is 0 Å². The smallest absolute Gasteiger partial charge is 0.249 e. The zero-order chi connectivity index (χ0) is 14.1. The van der Waals surface area contributed by atoms with E-state index in [2.05, 4.69) is 6.92 Å². The maximum Gasteiger partial charge on any atom is 0.249 e. The number of carbonyl (C=O) groups is 2. The lowest BCUT2D eigenvalue weighted by molar-refractivity contribution is -0.121. The Balaban J connectivity index is 1.86. The molecule has 1 heterocycles. The maximum absolute atomic E-state index is 11.6. The standard InChI is InChI=1S/C15H27NO3/c1-2-3-4-5-6-7-8-9-10-11-12(17)13-14(19-13)15(16)18/h13-14H,2-11H2,1H3,(H2,16,18)/t13-,14-/m1/s1. The van der Waals surface area contributed by atoms with Gasteiger partial charge in [0.1, 0.15) is 0 Å². The fraction of sp³-hybridized carbons (Fsp3) is 0.867. The van der Waals surface area contributed by atoms with Crippen molar-refractivity contribution in [1.29, 1.82) is 0 Å². The maximum atomic E-state index is 11.6. The Bertz CT molecular complexity index is 291. The van der Waals surface area contributed by atoms with Gasteiger partial charge in [-0.3, -0.25) is 9.59 Å². The van der Waals surface area contributed by atoms with E-state index < -0.39 is 18.1 Å². The average Bonchev–Trinajstić information content (AvgIpc) is 3.17. The molecule has 1 saturated heterocycles. The summed E-state index contributed by atoms with van der Waals surface area (Å²) in [6.45, 7) is 2.23.